The van der Waals surface area contributed by atoms with Crippen molar-refractivity contribution in [3.8, 4) is 0 Å². The van der Waals surface area contributed by atoms with Gasteiger partial charge in [0.15, 0.2) is 9.84 Å². The molecule has 0 aromatic heterocycles. The Morgan fingerprint density at radius 1 is 1.07 bits per heavy atom. The summed E-state index contributed by atoms with van der Waals surface area (Å²) in [7, 11) is -3.65. The maximum atomic E-state index is 12.9. The fourth-order valence-corrected chi connectivity index (χ4v) is 5.33. The fourth-order valence-electron chi connectivity index (χ4n) is 3.77. The van der Waals surface area contributed by atoms with Crippen molar-refractivity contribution in [2.24, 2.45) is 0 Å². The van der Waals surface area contributed by atoms with Gasteiger partial charge in [0.1, 0.15) is 0 Å². The molecule has 1 saturated heterocycles. The van der Waals surface area contributed by atoms with Crippen LogP contribution in [0.2, 0.25) is 0 Å². The normalized spacial score (nSPS) is 17.8. The zero-order chi connectivity index (χ0) is 20.7. The Morgan fingerprint density at radius 3 is 2.55 bits per heavy atom. The molecule has 2 aromatic carbocycles. The first-order valence-electron chi connectivity index (χ1n) is 10.00. The van der Waals surface area contributed by atoms with Crippen LogP contribution in [-0.2, 0) is 15.6 Å². The molecule has 0 spiro atoms. The van der Waals surface area contributed by atoms with Gasteiger partial charge in [-0.25, -0.2) is 8.42 Å². The average Bonchev–Trinajstić information content (AvgIpc) is 2.74. The van der Waals surface area contributed by atoms with E-state index in [1.165, 1.54) is 6.07 Å². The third-order valence-electron chi connectivity index (χ3n) is 5.31. The predicted molar refractivity (Wildman–Crippen MR) is 112 cm³/mol. The summed E-state index contributed by atoms with van der Waals surface area (Å²) >= 11 is 0. The van der Waals surface area contributed by atoms with Gasteiger partial charge in [-0.3, -0.25) is 9.69 Å². The first-order chi connectivity index (χ1) is 14.0. The molecule has 1 atom stereocenters. The number of amides is 1. The molecule has 156 valence electrons. The summed E-state index contributed by atoms with van der Waals surface area (Å²) in [5, 5.41) is 12.3. The van der Waals surface area contributed by atoms with E-state index in [1.807, 2.05) is 6.07 Å². The first-order valence-corrected chi connectivity index (χ1v) is 11.7. The third-order valence-corrected chi connectivity index (χ3v) is 7.05. The van der Waals surface area contributed by atoms with Gasteiger partial charge in [0.25, 0.3) is 5.91 Å². The number of benzene rings is 2. The number of rotatable bonds is 8. The summed E-state index contributed by atoms with van der Waals surface area (Å²) in [4.78, 5) is 14.9. The lowest BCUT2D eigenvalue weighted by atomic mass is 10.0. The van der Waals surface area contributed by atoms with Gasteiger partial charge in [0.05, 0.1) is 22.8 Å². The van der Waals surface area contributed by atoms with E-state index < -0.39 is 15.7 Å². The van der Waals surface area contributed by atoms with E-state index in [9.17, 15) is 18.3 Å². The number of piperidine rings is 1. The van der Waals surface area contributed by atoms with E-state index in [4.69, 9.17) is 0 Å². The van der Waals surface area contributed by atoms with Gasteiger partial charge < -0.3 is 10.4 Å². The summed E-state index contributed by atoms with van der Waals surface area (Å²) in [6.07, 6.45) is 3.16. The second-order valence-electron chi connectivity index (χ2n) is 7.36. The Bertz CT molecular complexity index is 915. The average molecular weight is 417 g/mol. The molecule has 0 aliphatic carbocycles. The molecular formula is C22H28N2O4S. The maximum absolute atomic E-state index is 12.9. The van der Waals surface area contributed by atoms with Gasteiger partial charge in [-0.05, 0) is 37.1 Å². The molecule has 1 aliphatic heterocycles. The highest BCUT2D eigenvalue weighted by Crippen LogP contribution is 2.21. The largest absolute Gasteiger partial charge is 0.395 e. The molecule has 0 bridgehead atoms. The lowest BCUT2D eigenvalue weighted by molar-refractivity contribution is 0.0847. The topological polar surface area (TPSA) is 86.7 Å². The highest BCUT2D eigenvalue weighted by molar-refractivity contribution is 7.90. The van der Waals surface area contributed by atoms with Crippen LogP contribution in [0.1, 0.15) is 35.2 Å². The molecule has 0 radical (unpaired) electrons. The van der Waals surface area contributed by atoms with Crippen molar-refractivity contribution in [2.45, 2.75) is 36.0 Å². The zero-order valence-corrected chi connectivity index (χ0v) is 17.3. The highest BCUT2D eigenvalue weighted by Gasteiger charge is 2.24. The second-order valence-corrected chi connectivity index (χ2v) is 9.32. The number of carbonyl (C=O) groups excluding carboxylic acids is 1. The SMILES string of the molecule is O=C(NCCN1CCCCC1CO)c1ccccc1S(=O)(=O)Cc1ccccc1. The molecule has 1 fully saturated rings. The van der Waals surface area contributed by atoms with E-state index in [1.54, 1.807) is 42.5 Å². The summed E-state index contributed by atoms with van der Waals surface area (Å²) < 4.78 is 25.8. The Labute approximate surface area is 172 Å². The van der Waals surface area contributed by atoms with Gasteiger partial charge in [-0.1, -0.05) is 48.9 Å². The highest BCUT2D eigenvalue weighted by atomic mass is 32.2. The lowest BCUT2D eigenvalue weighted by Crippen LogP contribution is -2.45. The van der Waals surface area contributed by atoms with E-state index >= 15 is 0 Å². The predicted octanol–water partition coefficient (Wildman–Crippen LogP) is 2.24. The number of aliphatic hydroxyl groups excluding tert-OH is 1. The fraction of sp³-hybridized carbons (Fsp3) is 0.409. The van der Waals surface area contributed by atoms with Crippen molar-refractivity contribution in [2.75, 3.05) is 26.2 Å². The zero-order valence-electron chi connectivity index (χ0n) is 16.5. The number of sulfone groups is 1. The van der Waals surface area contributed by atoms with Crippen LogP contribution in [-0.4, -0.2) is 56.6 Å². The Morgan fingerprint density at radius 2 is 1.79 bits per heavy atom. The monoisotopic (exact) mass is 416 g/mol. The molecule has 1 amide bonds. The quantitative estimate of drug-likeness (QED) is 0.689. The molecule has 7 heteroatoms. The van der Waals surface area contributed by atoms with Gasteiger partial charge in [-0.2, -0.15) is 0 Å². The van der Waals surface area contributed by atoms with Crippen LogP contribution in [0.25, 0.3) is 0 Å². The van der Waals surface area contributed by atoms with E-state index in [-0.39, 0.29) is 28.9 Å². The van der Waals surface area contributed by atoms with Crippen molar-refractivity contribution < 1.29 is 18.3 Å². The molecule has 1 aliphatic rings. The van der Waals surface area contributed by atoms with Crippen molar-refractivity contribution in [1.29, 1.82) is 0 Å². The molecule has 2 N–H and O–H groups in total. The molecule has 6 nitrogen and oxygen atoms in total. The van der Waals surface area contributed by atoms with Gasteiger partial charge in [0, 0.05) is 19.1 Å². The summed E-state index contributed by atoms with van der Waals surface area (Å²) in [5.74, 6) is -0.542. The lowest BCUT2D eigenvalue weighted by Gasteiger charge is -2.34. The Balaban J connectivity index is 1.67. The molecule has 1 heterocycles. The van der Waals surface area contributed by atoms with Crippen LogP contribution in [0.15, 0.2) is 59.5 Å². The van der Waals surface area contributed by atoms with Crippen LogP contribution in [0.5, 0.6) is 0 Å². The van der Waals surface area contributed by atoms with Crippen molar-refractivity contribution in [1.82, 2.24) is 10.2 Å². The number of hydrogen-bond donors (Lipinski definition) is 2. The van der Waals surface area contributed by atoms with Crippen LogP contribution in [0.4, 0.5) is 0 Å². The number of nitrogens with one attached hydrogen (secondary N) is 1. The minimum Gasteiger partial charge on any atom is -0.395 e. The molecule has 3 rings (SSSR count). The van der Waals surface area contributed by atoms with Crippen molar-refractivity contribution in [3.63, 3.8) is 0 Å². The number of aliphatic hydroxyl groups is 1. The molecule has 2 aromatic rings. The number of nitrogens with zero attached hydrogens (tertiary/aromatic N) is 1. The van der Waals surface area contributed by atoms with Gasteiger partial charge in [0.2, 0.25) is 0 Å². The number of hydrogen-bond acceptors (Lipinski definition) is 5. The van der Waals surface area contributed by atoms with Gasteiger partial charge in [-0.15, -0.1) is 0 Å². The van der Waals surface area contributed by atoms with E-state index in [0.717, 1.165) is 25.8 Å². The summed E-state index contributed by atoms with van der Waals surface area (Å²) in [6, 6.07) is 15.4. The van der Waals surface area contributed by atoms with Crippen molar-refractivity contribution >= 4 is 15.7 Å². The molecule has 29 heavy (non-hydrogen) atoms. The third kappa shape index (κ3) is 5.65. The Hall–Kier alpha value is -2.22. The summed E-state index contributed by atoms with van der Waals surface area (Å²) in [5.41, 5.74) is 0.851. The number of carbonyl (C=O) groups is 1. The van der Waals surface area contributed by atoms with E-state index in [2.05, 4.69) is 10.2 Å². The summed E-state index contributed by atoms with van der Waals surface area (Å²) in [6.45, 7) is 2.07. The Kier molecular flexibility index (Phi) is 7.41. The first kappa shape index (κ1) is 21.5. The second kappa shape index (κ2) is 10.0. The van der Waals surface area contributed by atoms with Gasteiger partial charge >= 0.3 is 0 Å². The van der Waals surface area contributed by atoms with E-state index in [0.29, 0.717) is 18.7 Å². The molecule has 1 unspecified atom stereocenters. The standard InChI is InChI=1S/C22H28N2O4S/c25-16-19-10-6-7-14-24(19)15-13-23-22(26)20-11-4-5-12-21(20)29(27,28)17-18-8-2-1-3-9-18/h1-5,8-9,11-12,19,25H,6-7,10,13-17H2,(H,23,26). The smallest absolute Gasteiger partial charge is 0.252 e. The minimum atomic E-state index is -3.65. The van der Waals surface area contributed by atoms with Crippen LogP contribution in [0, 0.1) is 0 Å². The molecule has 0 saturated carbocycles. The van der Waals surface area contributed by atoms with Crippen LogP contribution < -0.4 is 5.32 Å². The minimum absolute atomic E-state index is 0.0487. The van der Waals surface area contributed by atoms with Crippen LogP contribution >= 0.6 is 0 Å². The van der Waals surface area contributed by atoms with Crippen molar-refractivity contribution in [3.05, 3.63) is 65.7 Å². The number of likely N-dealkylation sites (tertiary alicyclic amines) is 1. The van der Waals surface area contributed by atoms with Crippen LogP contribution in [0.3, 0.4) is 0 Å². The molecular weight excluding hydrogens is 388 g/mol. The maximum Gasteiger partial charge on any atom is 0.252 e.